The van der Waals surface area contributed by atoms with E-state index in [0.29, 0.717) is 10.8 Å². The Morgan fingerprint density at radius 1 is 0.857 bits per heavy atom. The third kappa shape index (κ3) is 1.18. The molecule has 7 rings (SSSR count). The van der Waals surface area contributed by atoms with Crippen molar-refractivity contribution in [1.82, 2.24) is 0 Å². The van der Waals surface area contributed by atoms with Crippen LogP contribution in [-0.2, 0) is 10.1 Å². The Balaban J connectivity index is 2.30. The molecule has 102 valence electrons. The minimum atomic E-state index is -4.37. The van der Waals surface area contributed by atoms with E-state index in [-0.39, 0.29) is 9.92 Å². The quantitative estimate of drug-likeness (QED) is 0.366. The summed E-state index contributed by atoms with van der Waals surface area (Å²) < 4.78 is 33.1. The highest BCUT2D eigenvalue weighted by molar-refractivity contribution is 7.86. The van der Waals surface area contributed by atoms with Crippen LogP contribution in [0.4, 0.5) is 0 Å². The van der Waals surface area contributed by atoms with E-state index in [1.54, 1.807) is 0 Å². The van der Waals surface area contributed by atoms with E-state index in [1.165, 1.54) is 0 Å². The van der Waals surface area contributed by atoms with E-state index in [0.717, 1.165) is 32.3 Å². The van der Waals surface area contributed by atoms with E-state index in [9.17, 15) is 13.0 Å². The van der Waals surface area contributed by atoms with Crippen molar-refractivity contribution in [3.63, 3.8) is 0 Å². The number of hydrogen-bond acceptors (Lipinski definition) is 2. The minimum Gasteiger partial charge on any atom is -0.282 e. The van der Waals surface area contributed by atoms with Crippen LogP contribution in [0.1, 0.15) is 0 Å². The van der Waals surface area contributed by atoms with Crippen LogP contribution in [0.25, 0.3) is 43.1 Å². The average molecular weight is 315 g/mol. The van der Waals surface area contributed by atoms with Crippen LogP contribution < -0.4 is 0 Å². The Bertz CT molecular complexity index is 1260. The lowest BCUT2D eigenvalue weighted by atomic mass is 9.84. The Hall–Kier alpha value is -1.88. The van der Waals surface area contributed by atoms with Gasteiger partial charge in [0.1, 0.15) is 4.90 Å². The second kappa shape index (κ2) is 3.30. The minimum absolute atomic E-state index is 0.116. The summed E-state index contributed by atoms with van der Waals surface area (Å²) in [6, 6.07) is 11.7. The van der Waals surface area contributed by atoms with Crippen molar-refractivity contribution in [1.29, 1.82) is 0 Å². The Labute approximate surface area is 124 Å². The van der Waals surface area contributed by atoms with Crippen molar-refractivity contribution >= 4 is 64.8 Å². The van der Waals surface area contributed by atoms with Gasteiger partial charge in [0.25, 0.3) is 10.1 Å². The summed E-state index contributed by atoms with van der Waals surface area (Å²) >= 11 is 6.25. The largest absolute Gasteiger partial charge is 0.296 e. The fourth-order valence-corrected chi connectivity index (χ4v) is 4.98. The van der Waals surface area contributed by atoms with Crippen molar-refractivity contribution in [3.8, 4) is 0 Å². The van der Waals surface area contributed by atoms with Gasteiger partial charge in [-0.1, -0.05) is 41.9 Å². The number of hydrogen-bond donors (Lipinski definition) is 1. The molecule has 0 spiro atoms. The summed E-state index contributed by atoms with van der Waals surface area (Å²) in [4.78, 5) is -0.169. The van der Waals surface area contributed by atoms with Crippen LogP contribution in [0.5, 0.6) is 0 Å². The van der Waals surface area contributed by atoms with Gasteiger partial charge in [-0.05, 0) is 38.4 Å². The molecule has 0 amide bonds. The molecule has 5 heteroatoms. The maximum atomic E-state index is 11.8. The number of rotatable bonds is 1. The first-order valence-electron chi connectivity index (χ1n) is 6.39. The second-order valence-electron chi connectivity index (χ2n) is 5.36. The van der Waals surface area contributed by atoms with E-state index >= 15 is 0 Å². The van der Waals surface area contributed by atoms with Gasteiger partial charge in [-0.3, -0.25) is 4.55 Å². The van der Waals surface area contributed by atoms with Gasteiger partial charge in [0.2, 0.25) is 0 Å². The van der Waals surface area contributed by atoms with Crippen molar-refractivity contribution < 1.29 is 13.0 Å². The molecule has 0 aromatic heterocycles. The molecule has 21 heavy (non-hydrogen) atoms. The molecule has 3 nitrogen and oxygen atoms in total. The van der Waals surface area contributed by atoms with Crippen molar-refractivity contribution in [2.24, 2.45) is 0 Å². The van der Waals surface area contributed by atoms with Gasteiger partial charge in [0.05, 0.1) is 5.02 Å². The standard InChI is InChI=1S/C16H7ClO3S/c17-15-11-6-10-8-3-1-2-7-4-5-9(13(11)12(7)8)14(10)16(15)21(18,19)20/h1-6H,(H,18,19,20). The molecule has 0 aliphatic carbocycles. The monoisotopic (exact) mass is 314 g/mol. The molecule has 6 bridgehead atoms. The molecule has 0 unspecified atom stereocenters. The predicted octanol–water partition coefficient (Wildman–Crippen LogP) is 4.51. The van der Waals surface area contributed by atoms with Gasteiger partial charge in [-0.15, -0.1) is 0 Å². The van der Waals surface area contributed by atoms with Crippen LogP contribution in [0, 0.1) is 0 Å². The van der Waals surface area contributed by atoms with Gasteiger partial charge in [-0.25, -0.2) is 0 Å². The lowest BCUT2D eigenvalue weighted by molar-refractivity contribution is 0.484. The summed E-state index contributed by atoms with van der Waals surface area (Å²) in [5, 5.41) is 7.18. The van der Waals surface area contributed by atoms with Crippen LogP contribution >= 0.6 is 11.6 Å². The molecule has 0 radical (unpaired) electrons. The highest BCUT2D eigenvalue weighted by Gasteiger charge is 2.29. The van der Waals surface area contributed by atoms with Gasteiger partial charge < -0.3 is 0 Å². The van der Waals surface area contributed by atoms with Gasteiger partial charge in [0.15, 0.2) is 0 Å². The molecule has 0 saturated heterocycles. The van der Waals surface area contributed by atoms with Crippen LogP contribution in [-0.4, -0.2) is 13.0 Å². The van der Waals surface area contributed by atoms with Crippen LogP contribution in [0.15, 0.2) is 41.3 Å². The topological polar surface area (TPSA) is 54.4 Å². The highest BCUT2D eigenvalue weighted by atomic mass is 35.5. The average Bonchev–Trinajstić information content (AvgIpc) is 2.45. The zero-order valence-corrected chi connectivity index (χ0v) is 12.1. The lowest BCUT2D eigenvalue weighted by Crippen LogP contribution is -2.04. The lowest BCUT2D eigenvalue weighted by Gasteiger charge is -2.22. The molecule has 0 aliphatic rings. The van der Waals surface area contributed by atoms with Crippen LogP contribution in [0.2, 0.25) is 5.02 Å². The van der Waals surface area contributed by atoms with E-state index < -0.39 is 10.1 Å². The Morgan fingerprint density at radius 2 is 1.67 bits per heavy atom. The number of benzene rings is 7. The molecule has 0 fully saturated rings. The molecule has 0 aliphatic heterocycles. The third-order valence-corrected chi connectivity index (χ3v) is 5.78. The fraction of sp³-hybridized carbons (Fsp3) is 0. The second-order valence-corrected chi connectivity index (χ2v) is 7.09. The van der Waals surface area contributed by atoms with Crippen molar-refractivity contribution in [2.45, 2.75) is 4.90 Å². The first-order chi connectivity index (χ1) is 9.98. The summed E-state index contributed by atoms with van der Waals surface area (Å²) in [5.74, 6) is 0. The predicted molar refractivity (Wildman–Crippen MR) is 84.8 cm³/mol. The first kappa shape index (κ1) is 11.7. The summed E-state index contributed by atoms with van der Waals surface area (Å²) in [6.07, 6.45) is 0. The zero-order valence-electron chi connectivity index (χ0n) is 10.5. The normalized spacial score (nSPS) is 13.6. The maximum absolute atomic E-state index is 11.8. The third-order valence-electron chi connectivity index (χ3n) is 4.35. The van der Waals surface area contributed by atoms with Gasteiger partial charge in [-0.2, -0.15) is 8.42 Å². The molecule has 0 saturated carbocycles. The number of fused-ring (bicyclic) bond motifs is 1. The molecule has 0 atom stereocenters. The van der Waals surface area contributed by atoms with Gasteiger partial charge >= 0.3 is 0 Å². The highest BCUT2D eigenvalue weighted by Crippen LogP contribution is 2.51. The van der Waals surface area contributed by atoms with E-state index in [2.05, 4.69) is 0 Å². The summed E-state index contributed by atoms with van der Waals surface area (Å²) in [5.41, 5.74) is 0. The van der Waals surface area contributed by atoms with Crippen molar-refractivity contribution in [2.75, 3.05) is 0 Å². The zero-order chi connectivity index (χ0) is 14.5. The SMILES string of the molecule is O=S(=O)(O)c1c(Cl)c2cc3c4cccc5ccc(c13)c2c54. The molecular weight excluding hydrogens is 308 g/mol. The summed E-state index contributed by atoms with van der Waals surface area (Å²) in [6.45, 7) is 0. The Kier molecular flexibility index (Phi) is 1.85. The molecular formula is C16H7ClO3S. The first-order valence-corrected chi connectivity index (χ1v) is 8.21. The smallest absolute Gasteiger partial charge is 0.282 e. The van der Waals surface area contributed by atoms with Crippen molar-refractivity contribution in [3.05, 3.63) is 41.4 Å². The fourth-order valence-electron chi connectivity index (χ4n) is 3.63. The molecule has 7 aromatic carbocycles. The molecule has 0 heterocycles. The number of halogens is 1. The van der Waals surface area contributed by atoms with E-state index in [4.69, 9.17) is 11.6 Å². The maximum Gasteiger partial charge on any atom is 0.296 e. The Morgan fingerprint density at radius 3 is 2.43 bits per heavy atom. The van der Waals surface area contributed by atoms with E-state index in [1.807, 2.05) is 36.4 Å². The molecule has 7 aromatic rings. The summed E-state index contributed by atoms with van der Waals surface area (Å²) in [7, 11) is -4.37. The van der Waals surface area contributed by atoms with Gasteiger partial charge in [0, 0.05) is 10.8 Å². The van der Waals surface area contributed by atoms with Crippen LogP contribution in [0.3, 0.4) is 0 Å². The molecule has 1 N–H and O–H groups in total.